The second kappa shape index (κ2) is 8.03. The summed E-state index contributed by atoms with van der Waals surface area (Å²) in [6, 6.07) is 8.73. The molecular formula is C16H20N4O3. The number of methoxy groups -OCH3 is 1. The Bertz CT molecular complexity index is 594. The molecule has 1 heterocycles. The van der Waals surface area contributed by atoms with Crippen LogP contribution in [-0.2, 0) is 11.3 Å². The number of carbonyl (C=O) groups is 2. The van der Waals surface area contributed by atoms with Crippen molar-refractivity contribution in [1.29, 1.82) is 5.26 Å². The van der Waals surface area contributed by atoms with Crippen molar-refractivity contribution >= 4 is 12.1 Å². The summed E-state index contributed by atoms with van der Waals surface area (Å²) in [5, 5.41) is 14.4. The van der Waals surface area contributed by atoms with Crippen molar-refractivity contribution in [1.82, 2.24) is 15.5 Å². The first-order chi connectivity index (χ1) is 11.1. The van der Waals surface area contributed by atoms with Crippen LogP contribution in [0.5, 0.6) is 0 Å². The topological polar surface area (TPSA) is 94.5 Å². The number of amides is 3. The van der Waals surface area contributed by atoms with Gasteiger partial charge >= 0.3 is 12.1 Å². The van der Waals surface area contributed by atoms with E-state index in [1.807, 2.05) is 6.07 Å². The Kier molecular flexibility index (Phi) is 5.80. The van der Waals surface area contributed by atoms with Gasteiger partial charge in [0.15, 0.2) is 0 Å². The number of nitriles is 1. The lowest BCUT2D eigenvalue weighted by Crippen LogP contribution is -2.51. The lowest BCUT2D eigenvalue weighted by atomic mass is 10.1. The van der Waals surface area contributed by atoms with Gasteiger partial charge in [0.05, 0.1) is 18.7 Å². The van der Waals surface area contributed by atoms with E-state index in [9.17, 15) is 9.59 Å². The van der Waals surface area contributed by atoms with Crippen molar-refractivity contribution in [2.24, 2.45) is 0 Å². The lowest BCUT2D eigenvalue weighted by molar-refractivity contribution is 0.108. The Morgan fingerprint density at radius 1 is 1.39 bits per heavy atom. The molecule has 1 aliphatic heterocycles. The highest BCUT2D eigenvalue weighted by Gasteiger charge is 2.25. The molecule has 1 atom stereocenters. The van der Waals surface area contributed by atoms with Crippen LogP contribution in [0.15, 0.2) is 24.3 Å². The van der Waals surface area contributed by atoms with Gasteiger partial charge in [0, 0.05) is 25.7 Å². The van der Waals surface area contributed by atoms with Crippen molar-refractivity contribution < 1.29 is 14.3 Å². The Balaban J connectivity index is 1.77. The second-order valence-corrected chi connectivity index (χ2v) is 5.39. The Morgan fingerprint density at radius 2 is 2.13 bits per heavy atom. The minimum absolute atomic E-state index is 0.0798. The first kappa shape index (κ1) is 16.6. The maximum Gasteiger partial charge on any atom is 0.409 e. The van der Waals surface area contributed by atoms with Gasteiger partial charge in [-0.3, -0.25) is 0 Å². The van der Waals surface area contributed by atoms with Crippen LogP contribution in [0.1, 0.15) is 24.0 Å². The first-order valence-electron chi connectivity index (χ1n) is 7.48. The molecule has 2 rings (SSSR count). The molecule has 0 saturated carbocycles. The van der Waals surface area contributed by atoms with Gasteiger partial charge in [-0.25, -0.2) is 9.59 Å². The molecule has 1 saturated heterocycles. The third-order valence-electron chi connectivity index (χ3n) is 3.73. The summed E-state index contributed by atoms with van der Waals surface area (Å²) < 4.78 is 4.70. The van der Waals surface area contributed by atoms with Crippen LogP contribution in [-0.4, -0.2) is 43.3 Å². The van der Waals surface area contributed by atoms with E-state index >= 15 is 0 Å². The summed E-state index contributed by atoms with van der Waals surface area (Å²) in [6.07, 6.45) is 1.29. The number of nitrogens with zero attached hydrogens (tertiary/aromatic N) is 2. The summed E-state index contributed by atoms with van der Waals surface area (Å²) in [7, 11) is 1.35. The minimum Gasteiger partial charge on any atom is -0.453 e. The molecule has 0 aromatic heterocycles. The SMILES string of the molecule is COC(=O)N1CCC[C@@H](NC(=O)NCc2ccc(C#N)cc2)C1. The Hall–Kier alpha value is -2.75. The quantitative estimate of drug-likeness (QED) is 0.885. The van der Waals surface area contributed by atoms with Crippen molar-refractivity contribution in [3.8, 4) is 6.07 Å². The molecule has 1 aromatic carbocycles. The predicted octanol–water partition coefficient (Wildman–Crippen LogP) is 1.59. The van der Waals surface area contributed by atoms with Gasteiger partial charge in [0.1, 0.15) is 0 Å². The van der Waals surface area contributed by atoms with E-state index in [1.165, 1.54) is 7.11 Å². The van der Waals surface area contributed by atoms with Crippen molar-refractivity contribution in [3.63, 3.8) is 0 Å². The normalized spacial score (nSPS) is 17.0. The largest absolute Gasteiger partial charge is 0.453 e. The van der Waals surface area contributed by atoms with E-state index in [0.29, 0.717) is 25.2 Å². The molecule has 7 heteroatoms. The van der Waals surface area contributed by atoms with Gasteiger partial charge in [-0.05, 0) is 30.5 Å². The van der Waals surface area contributed by atoms with Gasteiger partial charge in [0.2, 0.25) is 0 Å². The smallest absolute Gasteiger partial charge is 0.409 e. The average molecular weight is 316 g/mol. The molecule has 2 N–H and O–H groups in total. The molecule has 0 radical (unpaired) electrons. The molecule has 0 bridgehead atoms. The molecule has 1 aromatic rings. The van der Waals surface area contributed by atoms with Gasteiger partial charge < -0.3 is 20.3 Å². The van der Waals surface area contributed by atoms with Gasteiger partial charge in [-0.15, -0.1) is 0 Å². The lowest BCUT2D eigenvalue weighted by Gasteiger charge is -2.32. The van der Waals surface area contributed by atoms with E-state index in [1.54, 1.807) is 29.2 Å². The van der Waals surface area contributed by atoms with Crippen LogP contribution in [0.4, 0.5) is 9.59 Å². The fourth-order valence-electron chi connectivity index (χ4n) is 2.51. The number of rotatable bonds is 3. The number of ether oxygens (including phenoxy) is 1. The van der Waals surface area contributed by atoms with Crippen LogP contribution >= 0.6 is 0 Å². The Morgan fingerprint density at radius 3 is 2.78 bits per heavy atom. The molecule has 23 heavy (non-hydrogen) atoms. The zero-order valence-electron chi connectivity index (χ0n) is 13.0. The maximum absolute atomic E-state index is 11.9. The minimum atomic E-state index is -0.366. The average Bonchev–Trinajstić information content (AvgIpc) is 2.60. The number of benzene rings is 1. The number of likely N-dealkylation sites (tertiary alicyclic amines) is 1. The summed E-state index contributed by atoms with van der Waals surface area (Å²) in [5.74, 6) is 0. The van der Waals surface area contributed by atoms with E-state index in [0.717, 1.165) is 18.4 Å². The molecule has 1 aliphatic rings. The van der Waals surface area contributed by atoms with E-state index in [4.69, 9.17) is 10.00 Å². The third-order valence-corrected chi connectivity index (χ3v) is 3.73. The summed E-state index contributed by atoms with van der Waals surface area (Å²) in [5.41, 5.74) is 1.50. The van der Waals surface area contributed by atoms with Crippen LogP contribution in [0.2, 0.25) is 0 Å². The van der Waals surface area contributed by atoms with E-state index in [2.05, 4.69) is 10.6 Å². The fraction of sp³-hybridized carbons (Fsp3) is 0.438. The van der Waals surface area contributed by atoms with Gasteiger partial charge in [-0.2, -0.15) is 5.26 Å². The highest BCUT2D eigenvalue weighted by atomic mass is 16.5. The van der Waals surface area contributed by atoms with E-state index < -0.39 is 0 Å². The summed E-state index contributed by atoms with van der Waals surface area (Å²) >= 11 is 0. The summed E-state index contributed by atoms with van der Waals surface area (Å²) in [6.45, 7) is 1.49. The monoisotopic (exact) mass is 316 g/mol. The van der Waals surface area contributed by atoms with Crippen LogP contribution in [0.3, 0.4) is 0 Å². The van der Waals surface area contributed by atoms with Gasteiger partial charge in [-0.1, -0.05) is 12.1 Å². The molecule has 7 nitrogen and oxygen atoms in total. The standard InChI is InChI=1S/C16H20N4O3/c1-23-16(22)20-8-2-3-14(11-20)19-15(21)18-10-13-6-4-12(9-17)5-7-13/h4-7,14H,2-3,8,10-11H2,1H3,(H2,18,19,21)/t14-/m1/s1. The Labute approximate surface area is 135 Å². The maximum atomic E-state index is 11.9. The zero-order valence-corrected chi connectivity index (χ0v) is 13.0. The molecular weight excluding hydrogens is 296 g/mol. The molecule has 1 fully saturated rings. The van der Waals surface area contributed by atoms with Crippen LogP contribution in [0, 0.1) is 11.3 Å². The van der Waals surface area contributed by atoms with Crippen molar-refractivity contribution in [2.45, 2.75) is 25.4 Å². The third kappa shape index (κ3) is 4.88. The number of carbonyl (C=O) groups excluding carboxylic acids is 2. The highest BCUT2D eigenvalue weighted by Crippen LogP contribution is 2.11. The predicted molar refractivity (Wildman–Crippen MR) is 83.5 cm³/mol. The molecule has 3 amide bonds. The molecule has 0 unspecified atom stereocenters. The van der Waals surface area contributed by atoms with Gasteiger partial charge in [0.25, 0.3) is 0 Å². The van der Waals surface area contributed by atoms with Crippen LogP contribution in [0.25, 0.3) is 0 Å². The van der Waals surface area contributed by atoms with E-state index in [-0.39, 0.29) is 18.2 Å². The fourth-order valence-corrected chi connectivity index (χ4v) is 2.51. The van der Waals surface area contributed by atoms with Crippen LogP contribution < -0.4 is 10.6 Å². The number of nitrogens with one attached hydrogen (secondary N) is 2. The zero-order chi connectivity index (χ0) is 16.7. The van der Waals surface area contributed by atoms with Crippen molar-refractivity contribution in [3.05, 3.63) is 35.4 Å². The molecule has 0 aliphatic carbocycles. The number of urea groups is 1. The number of hydrogen-bond donors (Lipinski definition) is 2. The molecule has 0 spiro atoms. The second-order valence-electron chi connectivity index (χ2n) is 5.39. The highest BCUT2D eigenvalue weighted by molar-refractivity contribution is 5.74. The first-order valence-corrected chi connectivity index (χ1v) is 7.48. The molecule has 122 valence electrons. The number of hydrogen-bond acceptors (Lipinski definition) is 4. The summed E-state index contributed by atoms with van der Waals surface area (Å²) in [4.78, 5) is 25.1. The number of piperidine rings is 1. The van der Waals surface area contributed by atoms with Crippen molar-refractivity contribution in [2.75, 3.05) is 20.2 Å².